The third-order valence-corrected chi connectivity index (χ3v) is 3.58. The molecule has 0 saturated carbocycles. The van der Waals surface area contributed by atoms with Gasteiger partial charge in [-0.1, -0.05) is 13.8 Å². The van der Waals surface area contributed by atoms with Gasteiger partial charge in [0.1, 0.15) is 12.1 Å². The fourth-order valence-electron chi connectivity index (χ4n) is 2.64. The molecule has 21 heavy (non-hydrogen) atoms. The smallest absolute Gasteiger partial charge is 0.328 e. The number of esters is 1. The first-order chi connectivity index (χ1) is 9.86. The molecule has 0 aromatic carbocycles. The molecule has 0 bridgehead atoms. The number of piperidine rings is 1. The molecule has 0 aromatic rings. The number of carbonyl (C=O) groups is 3. The summed E-state index contributed by atoms with van der Waals surface area (Å²) >= 11 is 0. The fourth-order valence-corrected chi connectivity index (χ4v) is 2.64. The maximum atomic E-state index is 12.6. The molecule has 120 valence electrons. The van der Waals surface area contributed by atoms with E-state index in [-0.39, 0.29) is 11.8 Å². The van der Waals surface area contributed by atoms with Gasteiger partial charge in [-0.05, 0) is 31.6 Å². The summed E-state index contributed by atoms with van der Waals surface area (Å²) in [7, 11) is 1.31. The lowest BCUT2D eigenvalue weighted by molar-refractivity contribution is -0.155. The lowest BCUT2D eigenvalue weighted by Gasteiger charge is -2.36. The summed E-state index contributed by atoms with van der Waals surface area (Å²) in [5.74, 6) is -0.463. The van der Waals surface area contributed by atoms with Crippen LogP contribution in [-0.2, 0) is 14.3 Å². The molecule has 2 atom stereocenters. The SMILES string of the molecule is COC(=O)[C@H]1CCCCN1C(=O)C(CC(C)C)NC(N)=O. The molecule has 0 aromatic heterocycles. The molecular weight excluding hydrogens is 274 g/mol. The summed E-state index contributed by atoms with van der Waals surface area (Å²) in [6, 6.07) is -2.01. The lowest BCUT2D eigenvalue weighted by atomic mass is 9.98. The van der Waals surface area contributed by atoms with Crippen molar-refractivity contribution in [1.29, 1.82) is 0 Å². The van der Waals surface area contributed by atoms with Gasteiger partial charge in [0.15, 0.2) is 0 Å². The number of amides is 3. The van der Waals surface area contributed by atoms with Gasteiger partial charge in [0.05, 0.1) is 7.11 Å². The Hall–Kier alpha value is -1.79. The Balaban J connectivity index is 2.87. The maximum Gasteiger partial charge on any atom is 0.328 e. The van der Waals surface area contributed by atoms with Gasteiger partial charge in [0.25, 0.3) is 0 Å². The first-order valence-corrected chi connectivity index (χ1v) is 7.31. The van der Waals surface area contributed by atoms with Gasteiger partial charge >= 0.3 is 12.0 Å². The van der Waals surface area contributed by atoms with Crippen molar-refractivity contribution in [1.82, 2.24) is 10.2 Å². The van der Waals surface area contributed by atoms with Crippen LogP contribution in [-0.4, -0.2) is 48.5 Å². The van der Waals surface area contributed by atoms with E-state index in [2.05, 4.69) is 5.32 Å². The van der Waals surface area contributed by atoms with Crippen molar-refractivity contribution in [3.8, 4) is 0 Å². The largest absolute Gasteiger partial charge is 0.467 e. The zero-order chi connectivity index (χ0) is 16.0. The van der Waals surface area contributed by atoms with Gasteiger partial charge in [-0.25, -0.2) is 9.59 Å². The van der Waals surface area contributed by atoms with E-state index >= 15 is 0 Å². The highest BCUT2D eigenvalue weighted by atomic mass is 16.5. The summed E-state index contributed by atoms with van der Waals surface area (Å²) in [5, 5.41) is 2.48. The van der Waals surface area contributed by atoms with Crippen LogP contribution in [0.15, 0.2) is 0 Å². The summed E-state index contributed by atoms with van der Waals surface area (Å²) in [6.07, 6.45) is 2.78. The zero-order valence-corrected chi connectivity index (χ0v) is 12.9. The first-order valence-electron chi connectivity index (χ1n) is 7.31. The maximum absolute atomic E-state index is 12.6. The van der Waals surface area contributed by atoms with Crippen molar-refractivity contribution in [2.75, 3.05) is 13.7 Å². The normalized spacial score (nSPS) is 20.0. The second kappa shape index (κ2) is 7.85. The first kappa shape index (κ1) is 17.3. The second-order valence-corrected chi connectivity index (χ2v) is 5.76. The van der Waals surface area contributed by atoms with E-state index in [0.29, 0.717) is 19.4 Å². The van der Waals surface area contributed by atoms with Crippen LogP contribution in [0.2, 0.25) is 0 Å². The van der Waals surface area contributed by atoms with Crippen molar-refractivity contribution >= 4 is 17.9 Å². The Morgan fingerprint density at radius 3 is 2.52 bits per heavy atom. The van der Waals surface area contributed by atoms with Crippen LogP contribution in [0.4, 0.5) is 4.79 Å². The number of primary amides is 1. The number of nitrogens with two attached hydrogens (primary N) is 1. The number of nitrogens with one attached hydrogen (secondary N) is 1. The molecule has 3 amide bonds. The van der Waals surface area contributed by atoms with E-state index in [1.807, 2.05) is 13.8 Å². The number of ether oxygens (including phenoxy) is 1. The molecule has 1 aliphatic rings. The number of nitrogens with zero attached hydrogens (tertiary/aromatic N) is 1. The van der Waals surface area contributed by atoms with Crippen LogP contribution >= 0.6 is 0 Å². The van der Waals surface area contributed by atoms with Crippen molar-refractivity contribution in [3.05, 3.63) is 0 Å². The minimum atomic E-state index is -0.736. The van der Waals surface area contributed by atoms with E-state index < -0.39 is 24.1 Å². The summed E-state index contributed by atoms with van der Waals surface area (Å²) < 4.78 is 4.77. The lowest BCUT2D eigenvalue weighted by Crippen LogP contribution is -2.56. The average Bonchev–Trinajstić information content (AvgIpc) is 2.44. The molecule has 7 heteroatoms. The topological polar surface area (TPSA) is 102 Å². The third-order valence-electron chi connectivity index (χ3n) is 3.58. The molecule has 3 N–H and O–H groups in total. The monoisotopic (exact) mass is 299 g/mol. The predicted molar refractivity (Wildman–Crippen MR) is 77.3 cm³/mol. The Morgan fingerprint density at radius 2 is 2.00 bits per heavy atom. The Kier molecular flexibility index (Phi) is 6.45. The Labute approximate surface area is 125 Å². The van der Waals surface area contributed by atoms with E-state index in [1.54, 1.807) is 0 Å². The van der Waals surface area contributed by atoms with Crippen molar-refractivity contribution < 1.29 is 19.1 Å². The highest BCUT2D eigenvalue weighted by Crippen LogP contribution is 2.20. The number of carbonyl (C=O) groups excluding carboxylic acids is 3. The van der Waals surface area contributed by atoms with Gasteiger partial charge in [0.2, 0.25) is 5.91 Å². The number of urea groups is 1. The molecule has 0 radical (unpaired) electrons. The fraction of sp³-hybridized carbons (Fsp3) is 0.786. The standard InChI is InChI=1S/C14H25N3O4/c1-9(2)8-10(16-14(15)20)12(18)17-7-5-4-6-11(17)13(19)21-3/h9-11H,4-8H2,1-3H3,(H3,15,16,20)/t10?,11-/m1/s1. The van der Waals surface area contributed by atoms with E-state index in [4.69, 9.17) is 10.5 Å². The molecule has 1 saturated heterocycles. The molecule has 1 aliphatic heterocycles. The molecular formula is C14H25N3O4. The van der Waals surface area contributed by atoms with E-state index in [1.165, 1.54) is 12.0 Å². The van der Waals surface area contributed by atoms with Crippen LogP contribution < -0.4 is 11.1 Å². The molecule has 1 unspecified atom stereocenters. The van der Waals surface area contributed by atoms with Gasteiger partial charge in [-0.15, -0.1) is 0 Å². The molecule has 7 nitrogen and oxygen atoms in total. The molecule has 1 fully saturated rings. The van der Waals surface area contributed by atoms with E-state index in [9.17, 15) is 14.4 Å². The predicted octanol–water partition coefficient (Wildman–Crippen LogP) is 0.624. The van der Waals surface area contributed by atoms with Crippen LogP contribution in [0, 0.1) is 5.92 Å². The van der Waals surface area contributed by atoms with Gasteiger partial charge in [0, 0.05) is 6.54 Å². The number of hydrogen-bond donors (Lipinski definition) is 2. The molecule has 0 spiro atoms. The number of likely N-dealkylation sites (tertiary alicyclic amines) is 1. The minimum Gasteiger partial charge on any atom is -0.467 e. The van der Waals surface area contributed by atoms with Gasteiger partial charge in [-0.2, -0.15) is 0 Å². The van der Waals surface area contributed by atoms with Crippen molar-refractivity contribution in [2.24, 2.45) is 11.7 Å². The highest BCUT2D eigenvalue weighted by molar-refractivity contribution is 5.90. The van der Waals surface area contributed by atoms with Gasteiger partial charge < -0.3 is 20.7 Å². The second-order valence-electron chi connectivity index (χ2n) is 5.76. The summed E-state index contributed by atoms with van der Waals surface area (Å²) in [6.45, 7) is 4.40. The minimum absolute atomic E-state index is 0.215. The summed E-state index contributed by atoms with van der Waals surface area (Å²) in [5.41, 5.74) is 5.14. The Bertz CT molecular complexity index is 398. The van der Waals surface area contributed by atoms with Crippen LogP contribution in [0.3, 0.4) is 0 Å². The highest BCUT2D eigenvalue weighted by Gasteiger charge is 2.36. The summed E-state index contributed by atoms with van der Waals surface area (Å²) in [4.78, 5) is 37.1. The number of methoxy groups -OCH3 is 1. The van der Waals surface area contributed by atoms with Crippen molar-refractivity contribution in [2.45, 2.75) is 51.6 Å². The molecule has 1 heterocycles. The quantitative estimate of drug-likeness (QED) is 0.727. The average molecular weight is 299 g/mol. The molecule has 1 rings (SSSR count). The van der Waals surface area contributed by atoms with Crippen molar-refractivity contribution in [3.63, 3.8) is 0 Å². The van der Waals surface area contributed by atoms with Crippen LogP contribution in [0.1, 0.15) is 39.5 Å². The Morgan fingerprint density at radius 1 is 1.33 bits per heavy atom. The molecule has 0 aliphatic carbocycles. The van der Waals surface area contributed by atoms with Crippen LogP contribution in [0.5, 0.6) is 0 Å². The van der Waals surface area contributed by atoms with Gasteiger partial charge in [-0.3, -0.25) is 4.79 Å². The third kappa shape index (κ3) is 4.91. The number of rotatable bonds is 5. The van der Waals surface area contributed by atoms with Crippen LogP contribution in [0.25, 0.3) is 0 Å². The van der Waals surface area contributed by atoms with E-state index in [0.717, 1.165) is 12.8 Å². The number of hydrogen-bond acceptors (Lipinski definition) is 4. The zero-order valence-electron chi connectivity index (χ0n) is 12.9.